The van der Waals surface area contributed by atoms with Crippen molar-refractivity contribution in [2.75, 3.05) is 0 Å². The summed E-state index contributed by atoms with van der Waals surface area (Å²) in [7, 11) is 0. The molecular formula is C21H29F3N4O2S. The highest BCUT2D eigenvalue weighted by Gasteiger charge is 2.32. The van der Waals surface area contributed by atoms with Crippen molar-refractivity contribution in [2.24, 2.45) is 4.99 Å². The maximum absolute atomic E-state index is 13.2. The van der Waals surface area contributed by atoms with E-state index in [0.717, 1.165) is 36.0 Å². The Labute approximate surface area is 184 Å². The number of halogens is 3. The van der Waals surface area contributed by atoms with E-state index in [0.29, 0.717) is 11.3 Å². The van der Waals surface area contributed by atoms with E-state index < -0.39 is 17.6 Å². The van der Waals surface area contributed by atoms with E-state index in [1.807, 2.05) is 27.7 Å². The smallest absolute Gasteiger partial charge is 0.408 e. The number of unbranched alkanes of at least 4 members (excludes halogenated alkanes) is 1. The lowest BCUT2D eigenvalue weighted by Gasteiger charge is -2.14. The van der Waals surface area contributed by atoms with E-state index in [-0.39, 0.29) is 22.8 Å². The molecule has 0 saturated carbocycles. The Morgan fingerprint density at radius 3 is 2.52 bits per heavy atom. The van der Waals surface area contributed by atoms with Crippen LogP contribution in [-0.4, -0.2) is 21.7 Å². The van der Waals surface area contributed by atoms with Gasteiger partial charge in [0, 0.05) is 18.0 Å². The van der Waals surface area contributed by atoms with Crippen LogP contribution >= 0.6 is 11.3 Å². The lowest BCUT2D eigenvalue weighted by molar-refractivity contribution is -0.137. The fraction of sp³-hybridized carbons (Fsp3) is 0.571. The molecule has 0 atom stereocenters. The molecule has 0 radical (unpaired) electrons. The van der Waals surface area contributed by atoms with Crippen LogP contribution in [0.3, 0.4) is 0 Å². The summed E-state index contributed by atoms with van der Waals surface area (Å²) in [5.41, 5.74) is 1.19. The van der Waals surface area contributed by atoms with Crippen molar-refractivity contribution >= 4 is 17.2 Å². The number of hydroxylamine groups is 1. The number of carbonyl (C=O) groups excluding carboxylic acids is 1. The molecule has 1 amide bonds. The average molecular weight is 459 g/mol. The van der Waals surface area contributed by atoms with Crippen molar-refractivity contribution in [3.63, 3.8) is 0 Å². The summed E-state index contributed by atoms with van der Waals surface area (Å²) >= 11 is 1.26. The molecule has 2 rings (SSSR count). The molecule has 0 aliphatic carbocycles. The molecule has 0 spiro atoms. The van der Waals surface area contributed by atoms with Crippen LogP contribution in [0.5, 0.6) is 5.75 Å². The average Bonchev–Trinajstić information content (AvgIpc) is 3.06. The first-order valence-electron chi connectivity index (χ1n) is 10.1. The molecule has 0 unspecified atom stereocenters. The third kappa shape index (κ3) is 6.90. The lowest BCUT2D eigenvalue weighted by atomic mass is 9.98. The maximum Gasteiger partial charge on any atom is 0.416 e. The number of amides is 1. The predicted molar refractivity (Wildman–Crippen MR) is 114 cm³/mol. The quantitative estimate of drug-likeness (QED) is 0.587. The van der Waals surface area contributed by atoms with E-state index in [1.54, 1.807) is 18.5 Å². The number of alkyl halides is 3. The monoisotopic (exact) mass is 458 g/mol. The summed E-state index contributed by atoms with van der Waals surface area (Å²) in [6.07, 6.45) is -2.83. The molecule has 0 saturated heterocycles. The maximum atomic E-state index is 13.2. The second-order valence-corrected chi connectivity index (χ2v) is 9.47. The van der Waals surface area contributed by atoms with Crippen LogP contribution in [0.1, 0.15) is 75.3 Å². The van der Waals surface area contributed by atoms with Gasteiger partial charge in [0.1, 0.15) is 5.01 Å². The van der Waals surface area contributed by atoms with Crippen molar-refractivity contribution < 1.29 is 22.8 Å². The Morgan fingerprint density at radius 2 is 1.97 bits per heavy atom. The summed E-state index contributed by atoms with van der Waals surface area (Å²) in [5.74, 6) is -0.836. The molecule has 172 valence electrons. The Kier molecular flexibility index (Phi) is 8.04. The number of hydrogen-bond acceptors (Lipinski definition) is 5. The Balaban J connectivity index is 2.56. The van der Waals surface area contributed by atoms with Crippen LogP contribution < -0.4 is 15.1 Å². The highest BCUT2D eigenvalue weighted by atomic mass is 32.1. The van der Waals surface area contributed by atoms with Crippen LogP contribution in [0.25, 0.3) is 0 Å². The van der Waals surface area contributed by atoms with E-state index >= 15 is 0 Å². The zero-order chi connectivity index (χ0) is 23.4. The highest BCUT2D eigenvalue weighted by Crippen LogP contribution is 2.33. The normalized spacial score (nSPS) is 13.2. The zero-order valence-electron chi connectivity index (χ0n) is 18.6. The molecular weight excluding hydrogens is 429 g/mol. The molecule has 0 fully saturated rings. The second kappa shape index (κ2) is 9.95. The summed E-state index contributed by atoms with van der Waals surface area (Å²) in [6, 6.07) is 2.67. The van der Waals surface area contributed by atoms with Gasteiger partial charge in [0.05, 0.1) is 11.1 Å². The second-order valence-electron chi connectivity index (χ2n) is 8.52. The molecule has 0 aliphatic rings. The van der Waals surface area contributed by atoms with Crippen LogP contribution in [0.15, 0.2) is 23.2 Å². The van der Waals surface area contributed by atoms with E-state index in [9.17, 15) is 18.0 Å². The molecule has 1 heterocycles. The number of rotatable bonds is 7. The van der Waals surface area contributed by atoms with E-state index in [1.165, 1.54) is 11.3 Å². The van der Waals surface area contributed by atoms with Crippen molar-refractivity contribution in [1.29, 1.82) is 0 Å². The number of benzene rings is 1. The molecule has 1 aromatic heterocycles. The minimum absolute atomic E-state index is 0.0175. The van der Waals surface area contributed by atoms with Gasteiger partial charge < -0.3 is 4.84 Å². The molecule has 31 heavy (non-hydrogen) atoms. The predicted octanol–water partition coefficient (Wildman–Crippen LogP) is 5.09. The Bertz CT molecular complexity index is 972. The van der Waals surface area contributed by atoms with Gasteiger partial charge in [-0.25, -0.2) is 4.68 Å². The van der Waals surface area contributed by atoms with Gasteiger partial charge in [-0.1, -0.05) is 45.5 Å². The van der Waals surface area contributed by atoms with Gasteiger partial charge in [-0.05, 0) is 38.5 Å². The summed E-state index contributed by atoms with van der Waals surface area (Å²) in [6.45, 7) is 12.2. The standard InChI is InChI=1S/C21H29F3N4O2S/c1-7-8-11-28-19(31-18(26-28)20(4,5)6)25-17(29)15-12-14(21(22,23)24)9-10-16(15)30-27-13(2)3/h9-10,12-13,27H,7-8,11H2,1-6H3. The number of aryl methyl sites for hydroxylation is 1. The Morgan fingerprint density at radius 1 is 1.29 bits per heavy atom. The zero-order valence-corrected chi connectivity index (χ0v) is 19.4. The summed E-state index contributed by atoms with van der Waals surface area (Å²) in [4.78, 5) is 22.8. The van der Waals surface area contributed by atoms with Crippen molar-refractivity contribution in [3.05, 3.63) is 39.1 Å². The largest absolute Gasteiger partial charge is 0.416 e. The Hall–Kier alpha value is -2.20. The molecule has 2 aromatic rings. The fourth-order valence-electron chi connectivity index (χ4n) is 2.44. The summed E-state index contributed by atoms with van der Waals surface area (Å²) < 4.78 is 41.3. The first-order valence-corrected chi connectivity index (χ1v) is 11.0. The van der Waals surface area contributed by atoms with E-state index in [4.69, 9.17) is 4.84 Å². The summed E-state index contributed by atoms with van der Waals surface area (Å²) in [5, 5.41) is 5.36. The SMILES string of the molecule is CCCCn1nc(C(C)(C)C)sc1=NC(=O)c1cc(C(F)(F)F)ccc1ONC(C)C. The molecule has 1 aromatic carbocycles. The van der Waals surface area contributed by atoms with Crippen LogP contribution in [0.2, 0.25) is 0 Å². The van der Waals surface area contributed by atoms with Crippen LogP contribution in [-0.2, 0) is 18.1 Å². The van der Waals surface area contributed by atoms with E-state index in [2.05, 4.69) is 15.6 Å². The molecule has 1 N–H and O–H groups in total. The molecule has 6 nitrogen and oxygen atoms in total. The third-order valence-electron chi connectivity index (χ3n) is 4.12. The highest BCUT2D eigenvalue weighted by molar-refractivity contribution is 7.09. The van der Waals surface area contributed by atoms with Crippen molar-refractivity contribution in [2.45, 2.75) is 78.6 Å². The molecule has 0 aliphatic heterocycles. The van der Waals surface area contributed by atoms with Gasteiger partial charge in [0.25, 0.3) is 5.91 Å². The minimum atomic E-state index is -4.59. The van der Waals surface area contributed by atoms with Gasteiger partial charge in [-0.2, -0.15) is 28.7 Å². The van der Waals surface area contributed by atoms with Crippen molar-refractivity contribution in [3.8, 4) is 5.75 Å². The van der Waals surface area contributed by atoms with Crippen LogP contribution in [0, 0.1) is 0 Å². The fourth-order valence-corrected chi connectivity index (χ4v) is 3.42. The topological polar surface area (TPSA) is 68.5 Å². The number of nitrogens with one attached hydrogen (secondary N) is 1. The number of nitrogens with zero attached hydrogens (tertiary/aromatic N) is 3. The minimum Gasteiger partial charge on any atom is -0.408 e. The van der Waals surface area contributed by atoms with Crippen molar-refractivity contribution in [1.82, 2.24) is 15.3 Å². The molecule has 10 heteroatoms. The van der Waals surface area contributed by atoms with Gasteiger partial charge >= 0.3 is 6.18 Å². The third-order valence-corrected chi connectivity index (χ3v) is 5.50. The first-order chi connectivity index (χ1) is 14.3. The first kappa shape index (κ1) is 25.1. The number of carbonyl (C=O) groups is 1. The van der Waals surface area contributed by atoms with Gasteiger partial charge in [-0.15, -0.1) is 0 Å². The van der Waals surface area contributed by atoms with Gasteiger partial charge in [0.15, 0.2) is 5.75 Å². The van der Waals surface area contributed by atoms with Gasteiger partial charge in [-0.3, -0.25) is 4.79 Å². The lowest BCUT2D eigenvalue weighted by Crippen LogP contribution is -2.27. The number of aromatic nitrogens is 2. The van der Waals surface area contributed by atoms with Gasteiger partial charge in [0.2, 0.25) is 4.80 Å². The number of hydrogen-bond donors (Lipinski definition) is 1. The molecule has 0 bridgehead atoms. The van der Waals surface area contributed by atoms with Crippen LogP contribution in [0.4, 0.5) is 13.2 Å².